The van der Waals surface area contributed by atoms with Crippen LogP contribution in [0.5, 0.6) is 0 Å². The van der Waals surface area contributed by atoms with E-state index in [-0.39, 0.29) is 5.92 Å². The maximum absolute atomic E-state index is 10.2. The lowest BCUT2D eigenvalue weighted by Crippen LogP contribution is -2.07. The van der Waals surface area contributed by atoms with Gasteiger partial charge in [-0.2, -0.15) is 0 Å². The first kappa shape index (κ1) is 16.5. The third-order valence-electron chi connectivity index (χ3n) is 3.41. The Kier molecular flexibility index (Phi) is 11.6. The van der Waals surface area contributed by atoms with Crippen molar-refractivity contribution < 1.29 is 9.90 Å². The molecule has 2 heteroatoms. The number of hydrogen-bond acceptors (Lipinski definition) is 1. The lowest BCUT2D eigenvalue weighted by Gasteiger charge is -1.97. The summed E-state index contributed by atoms with van der Waals surface area (Å²) in [5.74, 6) is -0.627. The molecule has 1 N–H and O–H groups in total. The van der Waals surface area contributed by atoms with Crippen LogP contribution in [0.1, 0.15) is 84.5 Å². The van der Waals surface area contributed by atoms with Crippen molar-refractivity contribution in [2.75, 3.05) is 0 Å². The van der Waals surface area contributed by atoms with Gasteiger partial charge in [-0.25, -0.2) is 0 Å². The van der Waals surface area contributed by atoms with E-state index < -0.39 is 5.97 Å². The monoisotopic (exact) mass is 242 g/mol. The summed E-state index contributed by atoms with van der Waals surface area (Å²) in [5.41, 5.74) is 0. The molecule has 0 amide bonds. The van der Waals surface area contributed by atoms with Crippen LogP contribution in [0.3, 0.4) is 0 Å². The van der Waals surface area contributed by atoms with Crippen molar-refractivity contribution in [2.24, 2.45) is 5.92 Å². The van der Waals surface area contributed by atoms with E-state index in [1.807, 2.05) is 0 Å². The van der Waals surface area contributed by atoms with E-state index in [1.54, 1.807) is 0 Å². The Labute approximate surface area is 107 Å². The van der Waals surface area contributed by atoms with Gasteiger partial charge in [-0.3, -0.25) is 4.79 Å². The fourth-order valence-electron chi connectivity index (χ4n) is 2.20. The summed E-state index contributed by atoms with van der Waals surface area (Å²) in [4.78, 5) is 10.2. The molecule has 0 aromatic heterocycles. The first-order valence-corrected chi connectivity index (χ1v) is 7.45. The summed E-state index contributed by atoms with van der Waals surface area (Å²) >= 11 is 0. The van der Waals surface area contributed by atoms with Gasteiger partial charge in [0.15, 0.2) is 0 Å². The number of carboxylic acid groups (broad SMARTS) is 1. The van der Waals surface area contributed by atoms with Gasteiger partial charge in [0, 0.05) is 0 Å². The molecule has 0 heterocycles. The van der Waals surface area contributed by atoms with Gasteiger partial charge in [-0.1, -0.05) is 71.6 Å². The molecule has 0 aromatic carbocycles. The molecule has 1 fully saturated rings. The van der Waals surface area contributed by atoms with Crippen LogP contribution in [-0.4, -0.2) is 11.1 Å². The van der Waals surface area contributed by atoms with Crippen molar-refractivity contribution >= 4 is 5.97 Å². The zero-order chi connectivity index (χ0) is 12.9. The molecule has 0 unspecified atom stereocenters. The van der Waals surface area contributed by atoms with E-state index in [4.69, 9.17) is 5.11 Å². The second-order valence-corrected chi connectivity index (χ2v) is 5.09. The van der Waals surface area contributed by atoms with Crippen molar-refractivity contribution in [3.8, 4) is 0 Å². The molecule has 1 saturated carbocycles. The summed E-state index contributed by atoms with van der Waals surface area (Å²) < 4.78 is 0. The molecule has 1 rings (SSSR count). The van der Waals surface area contributed by atoms with Gasteiger partial charge in [-0.15, -0.1) is 0 Å². The Morgan fingerprint density at radius 3 is 1.65 bits per heavy atom. The maximum Gasteiger partial charge on any atom is 0.306 e. The Morgan fingerprint density at radius 1 is 0.941 bits per heavy atom. The highest BCUT2D eigenvalue weighted by Gasteiger charge is 2.20. The highest BCUT2D eigenvalue weighted by molar-refractivity contribution is 5.70. The first-order valence-electron chi connectivity index (χ1n) is 7.45. The van der Waals surface area contributed by atoms with E-state index >= 15 is 0 Å². The average Bonchev–Trinajstić information content (AvgIpc) is 2.83. The smallest absolute Gasteiger partial charge is 0.306 e. The Hall–Kier alpha value is -0.530. The van der Waals surface area contributed by atoms with Crippen LogP contribution in [0.15, 0.2) is 0 Å². The third kappa shape index (κ3) is 10.3. The minimum Gasteiger partial charge on any atom is -0.481 e. The van der Waals surface area contributed by atoms with E-state index in [9.17, 15) is 4.79 Å². The number of unbranched alkanes of at least 4 members (excludes halogenated alkanes) is 6. The number of aliphatic carboxylic acids is 1. The normalized spacial score (nSPS) is 15.4. The first-order chi connectivity index (χ1) is 8.22. The molecule has 0 bridgehead atoms. The fourth-order valence-corrected chi connectivity index (χ4v) is 2.20. The molecule has 0 saturated heterocycles. The van der Waals surface area contributed by atoms with Crippen molar-refractivity contribution in [1.82, 2.24) is 0 Å². The molecule has 0 radical (unpaired) electrons. The number of rotatable bonds is 7. The van der Waals surface area contributed by atoms with Crippen LogP contribution in [-0.2, 0) is 4.79 Å². The van der Waals surface area contributed by atoms with Crippen LogP contribution in [0, 0.1) is 5.92 Å². The van der Waals surface area contributed by atoms with Crippen LogP contribution in [0.2, 0.25) is 0 Å². The van der Waals surface area contributed by atoms with Gasteiger partial charge in [-0.05, 0) is 12.8 Å². The third-order valence-corrected chi connectivity index (χ3v) is 3.41. The molecule has 1 aliphatic rings. The van der Waals surface area contributed by atoms with Crippen LogP contribution in [0.4, 0.5) is 0 Å². The molecule has 17 heavy (non-hydrogen) atoms. The Morgan fingerprint density at radius 2 is 1.35 bits per heavy atom. The predicted molar refractivity (Wildman–Crippen MR) is 73.3 cm³/mol. The molecule has 0 spiro atoms. The fraction of sp³-hybridized carbons (Fsp3) is 0.933. The number of hydrogen-bond donors (Lipinski definition) is 1. The van der Waals surface area contributed by atoms with E-state index in [1.165, 1.54) is 44.9 Å². The minimum atomic E-state index is -0.609. The molecular weight excluding hydrogens is 212 g/mol. The van der Waals surface area contributed by atoms with Gasteiger partial charge in [0.2, 0.25) is 0 Å². The Balaban J connectivity index is 0.000000302. The van der Waals surface area contributed by atoms with E-state index in [2.05, 4.69) is 13.8 Å². The lowest BCUT2D eigenvalue weighted by molar-refractivity contribution is -0.141. The molecule has 0 aliphatic heterocycles. The standard InChI is InChI=1S/C9H20.C6H10O2/c1-3-5-7-9-8-6-4-2;7-6(8)5-3-1-2-4-5/h3-9H2,1-2H3;5H,1-4H2,(H,7,8). The van der Waals surface area contributed by atoms with Crippen molar-refractivity contribution in [3.63, 3.8) is 0 Å². The van der Waals surface area contributed by atoms with Crippen molar-refractivity contribution in [1.29, 1.82) is 0 Å². The highest BCUT2D eigenvalue weighted by atomic mass is 16.4. The van der Waals surface area contributed by atoms with Gasteiger partial charge < -0.3 is 5.11 Å². The minimum absolute atomic E-state index is 0.0185. The molecule has 1 aliphatic carbocycles. The summed E-state index contributed by atoms with van der Waals surface area (Å²) in [6, 6.07) is 0. The second kappa shape index (κ2) is 11.9. The van der Waals surface area contributed by atoms with E-state index in [0.717, 1.165) is 25.7 Å². The van der Waals surface area contributed by atoms with Gasteiger partial charge in [0.05, 0.1) is 5.92 Å². The summed E-state index contributed by atoms with van der Waals surface area (Å²) in [5, 5.41) is 8.41. The summed E-state index contributed by atoms with van der Waals surface area (Å²) in [7, 11) is 0. The van der Waals surface area contributed by atoms with Gasteiger partial charge in [0.25, 0.3) is 0 Å². The average molecular weight is 242 g/mol. The SMILES string of the molecule is CCCCCCCCC.O=C(O)C1CCCC1. The van der Waals surface area contributed by atoms with Crippen molar-refractivity contribution in [2.45, 2.75) is 84.5 Å². The zero-order valence-electron chi connectivity index (χ0n) is 11.7. The van der Waals surface area contributed by atoms with Gasteiger partial charge >= 0.3 is 5.97 Å². The highest BCUT2D eigenvalue weighted by Crippen LogP contribution is 2.24. The van der Waals surface area contributed by atoms with Crippen LogP contribution in [0.25, 0.3) is 0 Å². The summed E-state index contributed by atoms with van der Waals surface area (Å²) in [6.07, 6.45) is 14.0. The predicted octanol–water partition coefficient (Wildman–Crippen LogP) is 5.02. The number of carbonyl (C=O) groups is 1. The molecular formula is C15H30O2. The lowest BCUT2D eigenvalue weighted by atomic mass is 10.1. The quantitative estimate of drug-likeness (QED) is 0.636. The molecule has 102 valence electrons. The topological polar surface area (TPSA) is 37.3 Å². The maximum atomic E-state index is 10.2. The molecule has 2 nitrogen and oxygen atoms in total. The van der Waals surface area contributed by atoms with Crippen LogP contribution < -0.4 is 0 Å². The Bertz CT molecular complexity index is 166. The van der Waals surface area contributed by atoms with Crippen LogP contribution >= 0.6 is 0 Å². The number of carboxylic acids is 1. The zero-order valence-corrected chi connectivity index (χ0v) is 11.7. The van der Waals surface area contributed by atoms with E-state index in [0.29, 0.717) is 0 Å². The van der Waals surface area contributed by atoms with Crippen molar-refractivity contribution in [3.05, 3.63) is 0 Å². The summed E-state index contributed by atoms with van der Waals surface area (Å²) in [6.45, 7) is 4.53. The van der Waals surface area contributed by atoms with Gasteiger partial charge in [0.1, 0.15) is 0 Å². The molecule has 0 atom stereocenters. The molecule has 0 aromatic rings. The largest absolute Gasteiger partial charge is 0.481 e. The second-order valence-electron chi connectivity index (χ2n) is 5.09.